The summed E-state index contributed by atoms with van der Waals surface area (Å²) in [7, 11) is 0. The van der Waals surface area contributed by atoms with E-state index < -0.39 is 0 Å². The fourth-order valence-electron chi connectivity index (χ4n) is 11.0. The third-order valence-corrected chi connectivity index (χ3v) is 14.3. The summed E-state index contributed by atoms with van der Waals surface area (Å²) in [6, 6.07) is 97.2. The van der Waals surface area contributed by atoms with Gasteiger partial charge in [-0.25, -0.2) is 15.0 Å². The Labute approximate surface area is 428 Å². The molecular weight excluding hydrogens is 899 g/mol. The van der Waals surface area contributed by atoms with Crippen molar-refractivity contribution in [3.63, 3.8) is 0 Å². The monoisotopic (exact) mass is 943 g/mol. The SMILES string of the molecule is c1ccc(-c2cc(-c3ccccc3)cc(-c3nc(-c4ccccc4)nc(-c4cc(-c5ccccc5)c(-n5c6ccccc6c6c7c8ccccc8n(-c8ccccc8)c7ccc65)c(-c5ccccc5)c4)n3)c2)cc1. The van der Waals surface area contributed by atoms with Crippen molar-refractivity contribution in [2.75, 3.05) is 0 Å². The standard InChI is InChI=1S/C69H45N5/c1-7-23-46(24-8-1)51-41-52(47-25-9-2-10-26-47)43-53(42-51)68-70-67(50-31-15-5-16-32-50)71-69(72-68)54-44-58(48-27-11-3-12-28-48)66(59(45-54)49-29-13-4-14-30-49)74-61-38-22-20-36-57(61)65-63(74)40-39-62-64(65)56-35-19-21-37-60(56)73(62)55-33-17-6-18-34-55/h1-45H. The van der Waals surface area contributed by atoms with Gasteiger partial charge in [-0.05, 0) is 100 Å². The largest absolute Gasteiger partial charge is 0.309 e. The van der Waals surface area contributed by atoms with Gasteiger partial charge in [0.15, 0.2) is 17.5 Å². The quantitative estimate of drug-likeness (QED) is 0.145. The first kappa shape index (κ1) is 42.9. The van der Waals surface area contributed by atoms with Crippen LogP contribution in [-0.2, 0) is 0 Å². The molecule has 0 radical (unpaired) electrons. The fraction of sp³-hybridized carbons (Fsp3) is 0. The van der Waals surface area contributed by atoms with Crippen molar-refractivity contribution < 1.29 is 0 Å². The first-order valence-corrected chi connectivity index (χ1v) is 25.1. The first-order valence-electron chi connectivity index (χ1n) is 25.1. The Morgan fingerprint density at radius 2 is 0.568 bits per heavy atom. The van der Waals surface area contributed by atoms with Crippen LogP contribution in [0.2, 0.25) is 0 Å². The molecule has 0 spiro atoms. The molecule has 3 heterocycles. The van der Waals surface area contributed by atoms with Crippen LogP contribution in [0.4, 0.5) is 0 Å². The number of benzene rings is 11. The Balaban J connectivity index is 1.07. The molecule has 0 amide bonds. The van der Waals surface area contributed by atoms with E-state index in [-0.39, 0.29) is 0 Å². The molecule has 14 aromatic rings. The van der Waals surface area contributed by atoms with Crippen molar-refractivity contribution in [1.82, 2.24) is 24.1 Å². The van der Waals surface area contributed by atoms with Gasteiger partial charge in [-0.3, -0.25) is 0 Å². The third kappa shape index (κ3) is 7.37. The van der Waals surface area contributed by atoms with Gasteiger partial charge in [-0.2, -0.15) is 0 Å². The molecule has 0 aliphatic heterocycles. The molecule has 3 aromatic heterocycles. The van der Waals surface area contributed by atoms with Gasteiger partial charge < -0.3 is 9.13 Å². The zero-order valence-corrected chi connectivity index (χ0v) is 40.2. The number of nitrogens with zero attached hydrogens (tertiary/aromatic N) is 5. The van der Waals surface area contributed by atoms with E-state index in [0.717, 1.165) is 83.6 Å². The maximum Gasteiger partial charge on any atom is 0.164 e. The van der Waals surface area contributed by atoms with Crippen LogP contribution in [0.3, 0.4) is 0 Å². The van der Waals surface area contributed by atoms with E-state index in [9.17, 15) is 0 Å². The fourth-order valence-corrected chi connectivity index (χ4v) is 11.0. The topological polar surface area (TPSA) is 48.5 Å². The van der Waals surface area contributed by atoms with Crippen LogP contribution >= 0.6 is 0 Å². The molecule has 5 heteroatoms. The summed E-state index contributed by atoms with van der Waals surface area (Å²) >= 11 is 0. The second-order valence-corrected chi connectivity index (χ2v) is 18.7. The summed E-state index contributed by atoms with van der Waals surface area (Å²) in [6.45, 7) is 0. The molecular formula is C69H45N5. The molecule has 346 valence electrons. The van der Waals surface area contributed by atoms with Gasteiger partial charge in [0, 0.05) is 55.0 Å². The van der Waals surface area contributed by atoms with Crippen LogP contribution in [0.25, 0.3) is 134 Å². The molecule has 0 aliphatic rings. The van der Waals surface area contributed by atoms with Gasteiger partial charge in [-0.15, -0.1) is 0 Å². The number of hydrogen-bond acceptors (Lipinski definition) is 3. The number of aromatic nitrogens is 5. The minimum Gasteiger partial charge on any atom is -0.309 e. The predicted molar refractivity (Wildman–Crippen MR) is 307 cm³/mol. The molecule has 74 heavy (non-hydrogen) atoms. The summed E-state index contributed by atoms with van der Waals surface area (Å²) in [5.74, 6) is 1.78. The minimum atomic E-state index is 0.582. The maximum absolute atomic E-state index is 5.49. The summed E-state index contributed by atoms with van der Waals surface area (Å²) in [5, 5.41) is 4.85. The average Bonchev–Trinajstić information content (AvgIpc) is 4.01. The highest BCUT2D eigenvalue weighted by atomic mass is 15.0. The Morgan fingerprint density at radius 1 is 0.230 bits per heavy atom. The summed E-state index contributed by atoms with van der Waals surface area (Å²) in [6.07, 6.45) is 0. The minimum absolute atomic E-state index is 0.582. The normalized spacial score (nSPS) is 11.5. The second-order valence-electron chi connectivity index (χ2n) is 18.7. The van der Waals surface area contributed by atoms with Crippen LogP contribution in [0, 0.1) is 0 Å². The highest BCUT2D eigenvalue weighted by molar-refractivity contribution is 6.29. The molecule has 5 nitrogen and oxygen atoms in total. The van der Waals surface area contributed by atoms with Crippen molar-refractivity contribution >= 4 is 43.6 Å². The smallest absolute Gasteiger partial charge is 0.164 e. The lowest BCUT2D eigenvalue weighted by Crippen LogP contribution is -2.04. The maximum atomic E-state index is 5.49. The molecule has 0 saturated heterocycles. The molecule has 0 aliphatic carbocycles. The van der Waals surface area contributed by atoms with E-state index in [0.29, 0.717) is 17.5 Å². The Bertz CT molecular complexity index is 4260. The van der Waals surface area contributed by atoms with E-state index in [4.69, 9.17) is 15.0 Å². The van der Waals surface area contributed by atoms with Crippen LogP contribution in [-0.4, -0.2) is 24.1 Å². The lowest BCUT2D eigenvalue weighted by Gasteiger charge is -2.21. The van der Waals surface area contributed by atoms with Crippen molar-refractivity contribution in [2.24, 2.45) is 0 Å². The highest BCUT2D eigenvalue weighted by Crippen LogP contribution is 2.47. The van der Waals surface area contributed by atoms with Gasteiger partial charge in [0.2, 0.25) is 0 Å². The van der Waals surface area contributed by atoms with E-state index in [1.165, 1.54) is 32.6 Å². The number of hydrogen-bond donors (Lipinski definition) is 0. The van der Waals surface area contributed by atoms with Crippen molar-refractivity contribution in [3.8, 4) is 90.0 Å². The number of para-hydroxylation sites is 3. The number of rotatable bonds is 9. The summed E-state index contributed by atoms with van der Waals surface area (Å²) < 4.78 is 4.91. The first-order chi connectivity index (χ1) is 36.7. The third-order valence-electron chi connectivity index (χ3n) is 14.3. The van der Waals surface area contributed by atoms with E-state index in [1.54, 1.807) is 0 Å². The average molecular weight is 944 g/mol. The van der Waals surface area contributed by atoms with Crippen molar-refractivity contribution in [2.45, 2.75) is 0 Å². The highest BCUT2D eigenvalue weighted by Gasteiger charge is 2.26. The van der Waals surface area contributed by atoms with Gasteiger partial charge in [0.25, 0.3) is 0 Å². The molecule has 0 atom stereocenters. The van der Waals surface area contributed by atoms with Gasteiger partial charge in [0.1, 0.15) is 0 Å². The lowest BCUT2D eigenvalue weighted by molar-refractivity contribution is 1.07. The molecule has 0 bridgehead atoms. The predicted octanol–water partition coefficient (Wildman–Crippen LogP) is 17.7. The van der Waals surface area contributed by atoms with E-state index >= 15 is 0 Å². The Kier molecular flexibility index (Phi) is 10.4. The summed E-state index contributed by atoms with van der Waals surface area (Å²) in [4.78, 5) is 16.2. The van der Waals surface area contributed by atoms with Gasteiger partial charge in [-0.1, -0.05) is 206 Å². The molecule has 0 unspecified atom stereocenters. The van der Waals surface area contributed by atoms with Crippen LogP contribution in [0.5, 0.6) is 0 Å². The van der Waals surface area contributed by atoms with Crippen molar-refractivity contribution in [1.29, 1.82) is 0 Å². The second kappa shape index (κ2) is 18.0. The number of fused-ring (bicyclic) bond motifs is 7. The van der Waals surface area contributed by atoms with Crippen molar-refractivity contribution in [3.05, 3.63) is 273 Å². The lowest BCUT2D eigenvalue weighted by atomic mass is 9.92. The van der Waals surface area contributed by atoms with Crippen LogP contribution < -0.4 is 0 Å². The zero-order chi connectivity index (χ0) is 49.0. The van der Waals surface area contributed by atoms with Gasteiger partial charge in [0.05, 0.1) is 27.8 Å². The molecule has 0 saturated carbocycles. The van der Waals surface area contributed by atoms with Crippen LogP contribution in [0.1, 0.15) is 0 Å². The molecule has 14 rings (SSSR count). The molecule has 0 fully saturated rings. The Morgan fingerprint density at radius 3 is 1.04 bits per heavy atom. The molecule has 0 N–H and O–H groups in total. The Hall–Kier alpha value is -9.97. The van der Waals surface area contributed by atoms with Crippen LogP contribution in [0.15, 0.2) is 273 Å². The zero-order valence-electron chi connectivity index (χ0n) is 40.2. The van der Waals surface area contributed by atoms with Gasteiger partial charge >= 0.3 is 0 Å². The summed E-state index contributed by atoms with van der Waals surface area (Å²) in [5.41, 5.74) is 18.1. The molecule has 11 aromatic carbocycles. The van der Waals surface area contributed by atoms with E-state index in [2.05, 4.69) is 264 Å². The van der Waals surface area contributed by atoms with E-state index in [1.807, 2.05) is 18.2 Å².